The van der Waals surface area contributed by atoms with Crippen LogP contribution in [-0.2, 0) is 0 Å². The molecule has 5 aromatic rings. The molecule has 0 spiro atoms. The average molecular weight is 474 g/mol. The van der Waals surface area contributed by atoms with Gasteiger partial charge in [0.1, 0.15) is 22.7 Å². The Morgan fingerprint density at radius 3 is 2.79 bits per heavy atom. The van der Waals surface area contributed by atoms with Crippen LogP contribution in [0.15, 0.2) is 69.9 Å². The Kier molecular flexibility index (Phi) is 4.62. The Balaban J connectivity index is 1.29. The van der Waals surface area contributed by atoms with Crippen LogP contribution in [-0.4, -0.2) is 26.1 Å². The Bertz CT molecular complexity index is 1670. The topological polar surface area (TPSA) is 122 Å². The van der Waals surface area contributed by atoms with Crippen LogP contribution in [0, 0.1) is 10.1 Å². The predicted octanol–water partition coefficient (Wildman–Crippen LogP) is 3.38. The van der Waals surface area contributed by atoms with Gasteiger partial charge in [-0.3, -0.25) is 14.9 Å². The van der Waals surface area contributed by atoms with Gasteiger partial charge < -0.3 is 13.9 Å². The number of benzene rings is 2. The van der Waals surface area contributed by atoms with E-state index in [-0.39, 0.29) is 17.9 Å². The molecule has 6 rings (SSSR count). The minimum Gasteiger partial charge on any atom is -0.485 e. The molecule has 0 saturated carbocycles. The number of rotatable bonds is 4. The van der Waals surface area contributed by atoms with Gasteiger partial charge in [0, 0.05) is 23.8 Å². The molecule has 0 unspecified atom stereocenters. The second kappa shape index (κ2) is 7.81. The Morgan fingerprint density at radius 1 is 1.12 bits per heavy atom. The van der Waals surface area contributed by atoms with Gasteiger partial charge in [0.15, 0.2) is 23.4 Å². The molecule has 0 amide bonds. The maximum absolute atomic E-state index is 12.9. The second-order valence-electron chi connectivity index (χ2n) is 7.45. The zero-order valence-corrected chi connectivity index (χ0v) is 18.1. The van der Waals surface area contributed by atoms with Crippen molar-refractivity contribution in [3.05, 3.63) is 97.2 Å². The first-order valence-corrected chi connectivity index (χ1v) is 11.0. The van der Waals surface area contributed by atoms with E-state index in [4.69, 9.17) is 13.9 Å². The summed E-state index contributed by atoms with van der Waals surface area (Å²) < 4.78 is 19.1. The van der Waals surface area contributed by atoms with Crippen molar-refractivity contribution in [2.45, 2.75) is 6.10 Å². The number of hydrogen-bond donors (Lipinski definition) is 0. The summed E-state index contributed by atoms with van der Waals surface area (Å²) in [4.78, 5) is 28.3. The van der Waals surface area contributed by atoms with E-state index < -0.39 is 11.0 Å². The third-order valence-corrected chi connectivity index (χ3v) is 6.20. The fourth-order valence-corrected chi connectivity index (χ4v) is 4.51. The number of fused-ring (bicyclic) bond motifs is 2. The molecule has 11 heteroatoms. The van der Waals surface area contributed by atoms with Crippen LogP contribution in [0.1, 0.15) is 17.7 Å². The molecule has 1 aliphatic heterocycles. The lowest BCUT2D eigenvalue weighted by Gasteiger charge is -2.24. The fraction of sp³-hybridized carbons (Fsp3) is 0.0870. The van der Waals surface area contributed by atoms with Crippen molar-refractivity contribution in [3.8, 4) is 22.8 Å². The molecule has 168 valence electrons. The van der Waals surface area contributed by atoms with E-state index in [1.807, 2.05) is 18.2 Å². The summed E-state index contributed by atoms with van der Waals surface area (Å²) in [7, 11) is 0. The highest BCUT2D eigenvalue weighted by molar-refractivity contribution is 7.15. The van der Waals surface area contributed by atoms with Gasteiger partial charge in [-0.2, -0.15) is 9.50 Å². The minimum atomic E-state index is -0.517. The molecular formula is C23H14N4O6S. The van der Waals surface area contributed by atoms with Crippen molar-refractivity contribution in [1.29, 1.82) is 0 Å². The third-order valence-electron chi connectivity index (χ3n) is 5.24. The minimum absolute atomic E-state index is 0.0292. The summed E-state index contributed by atoms with van der Waals surface area (Å²) in [5, 5.41) is 15.3. The van der Waals surface area contributed by atoms with E-state index in [0.29, 0.717) is 43.9 Å². The van der Waals surface area contributed by atoms with Crippen LogP contribution in [0.5, 0.6) is 11.5 Å². The number of nitrogens with zero attached hydrogens (tertiary/aromatic N) is 4. The van der Waals surface area contributed by atoms with Crippen LogP contribution in [0.3, 0.4) is 0 Å². The van der Waals surface area contributed by atoms with Gasteiger partial charge in [-0.25, -0.2) is 0 Å². The van der Waals surface area contributed by atoms with Crippen molar-refractivity contribution in [1.82, 2.24) is 14.6 Å². The molecule has 1 atom stereocenters. The highest BCUT2D eigenvalue weighted by Gasteiger charge is 2.27. The van der Waals surface area contributed by atoms with Gasteiger partial charge in [-0.15, -0.1) is 5.10 Å². The quantitative estimate of drug-likeness (QED) is 0.287. The summed E-state index contributed by atoms with van der Waals surface area (Å²) in [5.41, 5.74) is 0.211. The molecule has 0 bridgehead atoms. The first-order chi connectivity index (χ1) is 16.5. The Hall–Kier alpha value is -4.51. The van der Waals surface area contributed by atoms with E-state index in [0.717, 1.165) is 0 Å². The fourth-order valence-electron chi connectivity index (χ4n) is 3.62. The number of hydrogen-bond acceptors (Lipinski definition) is 9. The number of thiazole rings is 1. The van der Waals surface area contributed by atoms with Gasteiger partial charge in [0.05, 0.1) is 4.92 Å². The van der Waals surface area contributed by atoms with Crippen LogP contribution >= 0.6 is 11.3 Å². The first kappa shape index (κ1) is 20.1. The van der Waals surface area contributed by atoms with E-state index in [1.54, 1.807) is 36.4 Å². The largest absolute Gasteiger partial charge is 0.485 e. The van der Waals surface area contributed by atoms with Gasteiger partial charge in [-0.1, -0.05) is 35.6 Å². The third kappa shape index (κ3) is 3.48. The van der Waals surface area contributed by atoms with E-state index >= 15 is 0 Å². The number of nitro groups is 1. The van der Waals surface area contributed by atoms with Crippen LogP contribution < -0.4 is 19.6 Å². The summed E-state index contributed by atoms with van der Waals surface area (Å²) in [6.45, 7) is 0.245. The normalized spacial score (nSPS) is 15.6. The molecule has 0 aliphatic carbocycles. The summed E-state index contributed by atoms with van der Waals surface area (Å²) in [6.07, 6.45) is 1.08. The zero-order valence-electron chi connectivity index (χ0n) is 17.3. The molecule has 0 fully saturated rings. The monoisotopic (exact) mass is 474 g/mol. The van der Waals surface area contributed by atoms with E-state index in [2.05, 4.69) is 10.1 Å². The number of nitro benzene ring substituents is 1. The lowest BCUT2D eigenvalue weighted by Crippen LogP contribution is -2.26. The molecule has 2 aromatic carbocycles. The van der Waals surface area contributed by atoms with E-state index in [9.17, 15) is 14.9 Å². The molecule has 10 nitrogen and oxygen atoms in total. The standard InChI is InChI=1S/C23H14N4O6S/c28-22-20(11-15-8-9-16(32-15)13-4-3-5-14(10-13)27(29)30)34-23-24-21(25-26(22)23)19-12-31-17-6-1-2-7-18(17)33-19/h1-11,19H,12H2/b20-11-/t19-/m1/s1. The number of non-ortho nitro benzene ring substituents is 1. The summed E-state index contributed by atoms with van der Waals surface area (Å²) >= 11 is 1.18. The Morgan fingerprint density at radius 2 is 1.97 bits per heavy atom. The predicted molar refractivity (Wildman–Crippen MR) is 122 cm³/mol. The highest BCUT2D eigenvalue weighted by Crippen LogP contribution is 2.35. The maximum Gasteiger partial charge on any atom is 0.291 e. The molecule has 0 saturated heterocycles. The average Bonchev–Trinajstić information content (AvgIpc) is 3.56. The van der Waals surface area contributed by atoms with Gasteiger partial charge in [0.25, 0.3) is 11.2 Å². The molecule has 34 heavy (non-hydrogen) atoms. The first-order valence-electron chi connectivity index (χ1n) is 10.2. The lowest BCUT2D eigenvalue weighted by molar-refractivity contribution is -0.384. The summed E-state index contributed by atoms with van der Waals surface area (Å²) in [6, 6.07) is 16.9. The van der Waals surface area contributed by atoms with Crippen molar-refractivity contribution in [2.24, 2.45) is 0 Å². The maximum atomic E-state index is 12.9. The SMILES string of the molecule is O=c1/c(=C/c2ccc(-c3cccc([N+](=O)[O-])c3)o2)sc2nc([C@H]3COc4ccccc4O3)nn12. The van der Waals surface area contributed by atoms with Gasteiger partial charge in [-0.05, 0) is 24.3 Å². The molecule has 0 radical (unpaired) electrons. The number of aromatic nitrogens is 3. The highest BCUT2D eigenvalue weighted by atomic mass is 32.1. The van der Waals surface area contributed by atoms with Crippen molar-refractivity contribution in [3.63, 3.8) is 0 Å². The van der Waals surface area contributed by atoms with E-state index in [1.165, 1.54) is 28.0 Å². The molecule has 3 aromatic heterocycles. The van der Waals surface area contributed by atoms with Gasteiger partial charge >= 0.3 is 0 Å². The molecular weight excluding hydrogens is 460 g/mol. The Labute approximate surface area is 194 Å². The number of ether oxygens (including phenoxy) is 2. The van der Waals surface area contributed by atoms with Crippen molar-refractivity contribution >= 4 is 28.1 Å². The summed E-state index contributed by atoms with van der Waals surface area (Å²) in [5.74, 6) is 2.52. The smallest absolute Gasteiger partial charge is 0.291 e. The van der Waals surface area contributed by atoms with Crippen LogP contribution in [0.4, 0.5) is 5.69 Å². The zero-order chi connectivity index (χ0) is 23.2. The van der Waals surface area contributed by atoms with Crippen LogP contribution in [0.2, 0.25) is 0 Å². The second-order valence-corrected chi connectivity index (χ2v) is 8.46. The number of furan rings is 1. The lowest BCUT2D eigenvalue weighted by atomic mass is 10.1. The number of para-hydroxylation sites is 2. The van der Waals surface area contributed by atoms with Gasteiger partial charge in [0.2, 0.25) is 4.96 Å². The van der Waals surface area contributed by atoms with Crippen LogP contribution in [0.25, 0.3) is 22.4 Å². The molecule has 0 N–H and O–H groups in total. The van der Waals surface area contributed by atoms with Crippen molar-refractivity contribution in [2.75, 3.05) is 6.61 Å². The molecule has 4 heterocycles. The molecule has 1 aliphatic rings. The van der Waals surface area contributed by atoms with Crippen molar-refractivity contribution < 1.29 is 18.8 Å².